The first-order valence-corrected chi connectivity index (χ1v) is 6.58. The highest BCUT2D eigenvalue weighted by molar-refractivity contribution is 5.72. The molecule has 0 amide bonds. The van der Waals surface area contributed by atoms with Crippen LogP contribution in [-0.4, -0.2) is 6.29 Å². The smallest absolute Gasteiger partial charge is 0.145 e. The van der Waals surface area contributed by atoms with Gasteiger partial charge in [0, 0.05) is 0 Å². The van der Waals surface area contributed by atoms with Crippen molar-refractivity contribution in [1.29, 1.82) is 0 Å². The molecule has 0 aromatic heterocycles. The molecule has 0 spiro atoms. The molecular weight excluding hydrogens is 232 g/mol. The van der Waals surface area contributed by atoms with Crippen LogP contribution in [0.4, 0.5) is 0 Å². The lowest BCUT2D eigenvalue weighted by Crippen LogP contribution is -1.72. The summed E-state index contributed by atoms with van der Waals surface area (Å²) in [4.78, 5) is 10.4. The molecule has 0 saturated carbocycles. The maximum Gasteiger partial charge on any atom is 0.145 e. The highest BCUT2D eigenvalue weighted by Crippen LogP contribution is 2.00. The summed E-state index contributed by atoms with van der Waals surface area (Å²) in [6.45, 7) is 8.04. The zero-order chi connectivity index (χ0) is 14.5. The number of aldehydes is 1. The zero-order valence-corrected chi connectivity index (χ0v) is 12.4. The van der Waals surface area contributed by atoms with E-state index in [9.17, 15) is 4.79 Å². The van der Waals surface area contributed by atoms with Crippen molar-refractivity contribution in [2.45, 2.75) is 34.1 Å². The minimum absolute atomic E-state index is 0.721. The lowest BCUT2D eigenvalue weighted by atomic mass is 10.2. The summed E-state index contributed by atoms with van der Waals surface area (Å²) in [5.74, 6) is 0. The molecule has 0 radical (unpaired) electrons. The number of allylic oxidation sites excluding steroid dienone is 12. The van der Waals surface area contributed by atoms with Gasteiger partial charge in [0.1, 0.15) is 6.29 Å². The Bertz CT molecular complexity index is 440. The molecule has 0 N–H and O–H groups in total. The van der Waals surface area contributed by atoms with Crippen molar-refractivity contribution in [3.05, 3.63) is 71.4 Å². The van der Waals surface area contributed by atoms with Crippen LogP contribution in [0.15, 0.2) is 71.4 Å². The third-order valence-corrected chi connectivity index (χ3v) is 2.35. The van der Waals surface area contributed by atoms with Crippen molar-refractivity contribution >= 4 is 6.29 Å². The molecule has 0 bridgehead atoms. The molecule has 0 aromatic carbocycles. The van der Waals surface area contributed by atoms with Crippen LogP contribution in [0.1, 0.15) is 34.1 Å². The van der Waals surface area contributed by atoms with E-state index < -0.39 is 0 Å². The van der Waals surface area contributed by atoms with Gasteiger partial charge < -0.3 is 0 Å². The first kappa shape index (κ1) is 17.1. The van der Waals surface area contributed by atoms with E-state index in [0.717, 1.165) is 23.9 Å². The second kappa shape index (κ2) is 11.2. The molecule has 0 saturated heterocycles. The number of hydrogen-bond acceptors (Lipinski definition) is 1. The molecule has 0 aliphatic heterocycles. The number of carbonyl (C=O) groups is 1. The number of carbonyl (C=O) groups excluding carboxylic acids is 1. The quantitative estimate of drug-likeness (QED) is 0.352. The van der Waals surface area contributed by atoms with Crippen LogP contribution in [0.2, 0.25) is 0 Å². The van der Waals surface area contributed by atoms with Crippen molar-refractivity contribution < 1.29 is 4.79 Å². The molecule has 0 aliphatic rings. The molecule has 1 heteroatoms. The molecule has 19 heavy (non-hydrogen) atoms. The van der Waals surface area contributed by atoms with E-state index in [-0.39, 0.29) is 0 Å². The van der Waals surface area contributed by atoms with E-state index in [1.54, 1.807) is 13.0 Å². The summed E-state index contributed by atoms with van der Waals surface area (Å²) in [5.41, 5.74) is 3.13. The van der Waals surface area contributed by atoms with Crippen LogP contribution in [0, 0.1) is 0 Å². The Hall–Kier alpha value is -1.89. The molecule has 0 fully saturated rings. The summed E-state index contributed by atoms with van der Waals surface area (Å²) in [6.07, 6.45) is 20.0. The maximum absolute atomic E-state index is 10.4. The van der Waals surface area contributed by atoms with Gasteiger partial charge in [-0.1, -0.05) is 72.8 Å². The fourth-order valence-electron chi connectivity index (χ4n) is 1.22. The fraction of sp³-hybridized carbons (Fsp3) is 0.278. The van der Waals surface area contributed by atoms with Crippen LogP contribution in [0.3, 0.4) is 0 Å². The van der Waals surface area contributed by atoms with Crippen molar-refractivity contribution in [2.75, 3.05) is 0 Å². The Morgan fingerprint density at radius 1 is 0.789 bits per heavy atom. The van der Waals surface area contributed by atoms with E-state index in [4.69, 9.17) is 0 Å². The van der Waals surface area contributed by atoms with Crippen molar-refractivity contribution in [3.8, 4) is 0 Å². The van der Waals surface area contributed by atoms with Crippen molar-refractivity contribution in [1.82, 2.24) is 0 Å². The van der Waals surface area contributed by atoms with Gasteiger partial charge in [-0.2, -0.15) is 0 Å². The monoisotopic (exact) mass is 256 g/mol. The molecule has 1 nitrogen and oxygen atoms in total. The number of hydrogen-bond donors (Lipinski definition) is 0. The minimum atomic E-state index is 0.721. The van der Waals surface area contributed by atoms with E-state index in [2.05, 4.69) is 38.2 Å². The summed E-state index contributed by atoms with van der Waals surface area (Å²) in [5, 5.41) is 0. The summed E-state index contributed by atoms with van der Waals surface area (Å²) in [6, 6.07) is 0. The van der Waals surface area contributed by atoms with E-state index >= 15 is 0 Å². The minimum Gasteiger partial charge on any atom is -0.298 e. The normalized spacial score (nSPS) is 15.1. The van der Waals surface area contributed by atoms with Gasteiger partial charge in [0.25, 0.3) is 0 Å². The molecular formula is C18H24O. The Morgan fingerprint density at radius 2 is 1.32 bits per heavy atom. The second-order valence-electron chi connectivity index (χ2n) is 4.40. The molecule has 0 unspecified atom stereocenters. The van der Waals surface area contributed by atoms with Crippen molar-refractivity contribution in [2.24, 2.45) is 0 Å². The standard InChI is InChI=1S/C18H24O/c1-5-6-10-16(2)13-9-14-17(3)11-7-8-12-18(4)15-19/h6-15H,5H2,1-4H3/b8-7+,10-6+,14-9+,16-13+,17-11+,18-12+. The molecule has 0 atom stereocenters. The molecule has 102 valence electrons. The zero-order valence-electron chi connectivity index (χ0n) is 12.4. The van der Waals surface area contributed by atoms with E-state index in [1.165, 1.54) is 5.57 Å². The predicted molar refractivity (Wildman–Crippen MR) is 85.0 cm³/mol. The average molecular weight is 256 g/mol. The van der Waals surface area contributed by atoms with Gasteiger partial charge in [-0.3, -0.25) is 4.79 Å². The molecule has 0 aliphatic carbocycles. The van der Waals surface area contributed by atoms with Crippen LogP contribution >= 0.6 is 0 Å². The van der Waals surface area contributed by atoms with E-state index in [1.807, 2.05) is 31.2 Å². The van der Waals surface area contributed by atoms with Gasteiger partial charge in [-0.15, -0.1) is 0 Å². The Kier molecular flexibility index (Phi) is 10.1. The SMILES string of the molecule is CC/C=C/C(C)=C/C=C/C(C)=C/C=C/C=C(\C)C=O. The van der Waals surface area contributed by atoms with Gasteiger partial charge in [0.15, 0.2) is 0 Å². The van der Waals surface area contributed by atoms with Crippen LogP contribution < -0.4 is 0 Å². The third kappa shape index (κ3) is 11.0. The largest absolute Gasteiger partial charge is 0.298 e. The Morgan fingerprint density at radius 3 is 1.89 bits per heavy atom. The highest BCUT2D eigenvalue weighted by atomic mass is 16.1. The maximum atomic E-state index is 10.4. The summed E-state index contributed by atoms with van der Waals surface area (Å²) < 4.78 is 0. The van der Waals surface area contributed by atoms with Crippen LogP contribution in [-0.2, 0) is 4.79 Å². The lowest BCUT2D eigenvalue weighted by Gasteiger charge is -1.89. The number of rotatable bonds is 7. The van der Waals surface area contributed by atoms with Gasteiger partial charge in [0.2, 0.25) is 0 Å². The third-order valence-electron chi connectivity index (χ3n) is 2.35. The first-order valence-electron chi connectivity index (χ1n) is 6.58. The Labute approximate surface area is 117 Å². The molecule has 0 aromatic rings. The highest BCUT2D eigenvalue weighted by Gasteiger charge is 1.80. The molecule has 0 rings (SSSR count). The molecule has 0 heterocycles. The Balaban J connectivity index is 4.40. The van der Waals surface area contributed by atoms with Crippen molar-refractivity contribution in [3.63, 3.8) is 0 Å². The summed E-state index contributed by atoms with van der Waals surface area (Å²) >= 11 is 0. The fourth-order valence-corrected chi connectivity index (χ4v) is 1.22. The average Bonchev–Trinajstić information content (AvgIpc) is 2.40. The van der Waals surface area contributed by atoms with Gasteiger partial charge in [-0.05, 0) is 32.8 Å². The topological polar surface area (TPSA) is 17.1 Å². The first-order chi connectivity index (χ1) is 9.10. The van der Waals surface area contributed by atoms with Gasteiger partial charge in [0.05, 0.1) is 0 Å². The lowest BCUT2D eigenvalue weighted by molar-refractivity contribution is -0.104. The van der Waals surface area contributed by atoms with Gasteiger partial charge >= 0.3 is 0 Å². The predicted octanol–water partition coefficient (Wildman–Crippen LogP) is 5.10. The summed E-state index contributed by atoms with van der Waals surface area (Å²) in [7, 11) is 0. The second-order valence-corrected chi connectivity index (χ2v) is 4.40. The van der Waals surface area contributed by atoms with Crippen LogP contribution in [0.5, 0.6) is 0 Å². The van der Waals surface area contributed by atoms with Crippen LogP contribution in [0.25, 0.3) is 0 Å². The van der Waals surface area contributed by atoms with E-state index in [0.29, 0.717) is 0 Å². The van der Waals surface area contributed by atoms with Gasteiger partial charge in [-0.25, -0.2) is 0 Å².